The third-order valence-electron chi connectivity index (χ3n) is 6.10. The van der Waals surface area contributed by atoms with Crippen molar-refractivity contribution < 1.29 is 4.57 Å². The number of aryl methyl sites for hydroxylation is 2. The van der Waals surface area contributed by atoms with E-state index in [-0.39, 0.29) is 0 Å². The molecule has 0 amide bonds. The SMILES string of the molecule is CCCCCCCCCCCCCCCC[n+]1ccn(CC)c1-c1ccccc1. The van der Waals surface area contributed by atoms with Crippen LogP contribution in [0.25, 0.3) is 11.4 Å². The fraction of sp³-hybridized carbons (Fsp3) is 0.667. The first-order valence-corrected chi connectivity index (χ1v) is 12.5. The molecule has 0 N–H and O–H groups in total. The van der Waals surface area contributed by atoms with Gasteiger partial charge in [-0.3, -0.25) is 0 Å². The standard InChI is InChI=1S/C27H45N2/c1-3-5-6-7-8-9-10-11-12-13-14-15-16-20-23-29-25-24-28(4-2)27(29)26-21-18-17-19-22-26/h17-19,21-22,24-25H,3-16,20,23H2,1-2H3/q+1. The molecule has 0 aliphatic rings. The van der Waals surface area contributed by atoms with Crippen molar-refractivity contribution in [3.8, 4) is 11.4 Å². The number of aromatic nitrogens is 2. The Kier molecular flexibility index (Phi) is 12.5. The Hall–Kier alpha value is -1.57. The summed E-state index contributed by atoms with van der Waals surface area (Å²) in [7, 11) is 0. The second-order valence-corrected chi connectivity index (χ2v) is 8.56. The topological polar surface area (TPSA) is 8.81 Å². The van der Waals surface area contributed by atoms with Crippen molar-refractivity contribution in [2.45, 2.75) is 117 Å². The predicted octanol–water partition coefficient (Wildman–Crippen LogP) is 7.94. The van der Waals surface area contributed by atoms with Crippen LogP contribution in [0.1, 0.15) is 104 Å². The molecular weight excluding hydrogens is 352 g/mol. The summed E-state index contributed by atoms with van der Waals surface area (Å²) < 4.78 is 4.80. The molecule has 2 rings (SSSR count). The lowest BCUT2D eigenvalue weighted by Gasteiger charge is -2.05. The summed E-state index contributed by atoms with van der Waals surface area (Å²) in [6.07, 6.45) is 24.4. The van der Waals surface area contributed by atoms with Gasteiger partial charge in [0.1, 0.15) is 12.4 Å². The summed E-state index contributed by atoms with van der Waals surface area (Å²) in [5, 5.41) is 0. The lowest BCUT2D eigenvalue weighted by atomic mass is 10.0. The van der Waals surface area contributed by atoms with E-state index in [1.807, 2.05) is 0 Å². The maximum atomic E-state index is 2.44. The van der Waals surface area contributed by atoms with Crippen LogP contribution in [0, 0.1) is 0 Å². The van der Waals surface area contributed by atoms with Crippen LogP contribution < -0.4 is 4.57 Å². The van der Waals surface area contributed by atoms with Gasteiger partial charge in [-0.2, -0.15) is 0 Å². The van der Waals surface area contributed by atoms with E-state index >= 15 is 0 Å². The van der Waals surface area contributed by atoms with Gasteiger partial charge in [0.05, 0.1) is 18.7 Å². The quantitative estimate of drug-likeness (QED) is 0.189. The van der Waals surface area contributed by atoms with Gasteiger partial charge in [0.2, 0.25) is 0 Å². The fourth-order valence-corrected chi connectivity index (χ4v) is 4.30. The van der Waals surface area contributed by atoms with Gasteiger partial charge >= 0.3 is 0 Å². The van der Waals surface area contributed by atoms with Crippen molar-refractivity contribution in [2.24, 2.45) is 0 Å². The van der Waals surface area contributed by atoms with Crippen molar-refractivity contribution in [3.05, 3.63) is 42.7 Å². The van der Waals surface area contributed by atoms with Crippen LogP contribution >= 0.6 is 0 Å². The van der Waals surface area contributed by atoms with Gasteiger partial charge in [-0.05, 0) is 31.9 Å². The molecule has 0 radical (unpaired) electrons. The maximum absolute atomic E-state index is 2.44. The molecule has 1 heterocycles. The molecule has 0 saturated heterocycles. The van der Waals surface area contributed by atoms with Crippen LogP contribution in [-0.4, -0.2) is 4.57 Å². The number of imidazole rings is 1. The van der Waals surface area contributed by atoms with Gasteiger partial charge in [-0.15, -0.1) is 0 Å². The molecule has 1 aromatic heterocycles. The summed E-state index contributed by atoms with van der Waals surface area (Å²) >= 11 is 0. The first kappa shape index (κ1) is 23.7. The van der Waals surface area contributed by atoms with Crippen LogP contribution in [0.4, 0.5) is 0 Å². The Bertz CT molecular complexity index is 629. The highest BCUT2D eigenvalue weighted by atomic mass is 15.1. The first-order valence-electron chi connectivity index (χ1n) is 12.5. The average Bonchev–Trinajstić information content (AvgIpc) is 3.17. The lowest BCUT2D eigenvalue weighted by molar-refractivity contribution is -0.686. The third kappa shape index (κ3) is 9.19. The fourth-order valence-electron chi connectivity index (χ4n) is 4.30. The smallest absolute Gasteiger partial charge is 0.230 e. The van der Waals surface area contributed by atoms with Gasteiger partial charge in [0.15, 0.2) is 0 Å². The van der Waals surface area contributed by atoms with E-state index < -0.39 is 0 Å². The minimum atomic E-state index is 1.02. The van der Waals surface area contributed by atoms with Crippen LogP contribution in [0.2, 0.25) is 0 Å². The minimum absolute atomic E-state index is 1.02. The van der Waals surface area contributed by atoms with Crippen molar-refractivity contribution in [1.29, 1.82) is 0 Å². The zero-order valence-electron chi connectivity index (χ0n) is 19.2. The highest BCUT2D eigenvalue weighted by Gasteiger charge is 2.17. The van der Waals surface area contributed by atoms with Crippen LogP contribution in [0.15, 0.2) is 42.7 Å². The Labute approximate surface area is 180 Å². The molecular formula is C27H45N2+. The Balaban J connectivity index is 1.53. The van der Waals surface area contributed by atoms with E-state index in [0.717, 1.165) is 13.1 Å². The molecule has 1 aromatic carbocycles. The normalized spacial score (nSPS) is 11.2. The second-order valence-electron chi connectivity index (χ2n) is 8.56. The molecule has 0 aliphatic carbocycles. The lowest BCUT2D eigenvalue weighted by Crippen LogP contribution is -2.34. The van der Waals surface area contributed by atoms with Gasteiger partial charge in [-0.25, -0.2) is 9.13 Å². The number of unbranched alkanes of at least 4 members (excludes halogenated alkanes) is 13. The Morgan fingerprint density at radius 1 is 0.655 bits per heavy atom. The summed E-state index contributed by atoms with van der Waals surface area (Å²) in [4.78, 5) is 0. The van der Waals surface area contributed by atoms with Gasteiger partial charge in [0, 0.05) is 0 Å². The summed E-state index contributed by atoms with van der Waals surface area (Å²) in [5.74, 6) is 1.35. The molecule has 0 aliphatic heterocycles. The van der Waals surface area contributed by atoms with Gasteiger partial charge < -0.3 is 0 Å². The van der Waals surface area contributed by atoms with Crippen molar-refractivity contribution in [2.75, 3.05) is 0 Å². The van der Waals surface area contributed by atoms with Gasteiger partial charge in [0.25, 0.3) is 5.82 Å². The zero-order valence-corrected chi connectivity index (χ0v) is 19.2. The summed E-state index contributed by atoms with van der Waals surface area (Å²) in [6.45, 7) is 6.68. The van der Waals surface area contributed by atoms with Crippen molar-refractivity contribution in [3.63, 3.8) is 0 Å². The maximum Gasteiger partial charge on any atom is 0.288 e. The van der Waals surface area contributed by atoms with E-state index in [2.05, 4.69) is 65.7 Å². The summed E-state index contributed by atoms with van der Waals surface area (Å²) in [5.41, 5.74) is 1.32. The molecule has 0 atom stereocenters. The monoisotopic (exact) mass is 397 g/mol. The number of hydrogen-bond donors (Lipinski definition) is 0. The van der Waals surface area contributed by atoms with E-state index in [1.165, 1.54) is 101 Å². The third-order valence-corrected chi connectivity index (χ3v) is 6.10. The van der Waals surface area contributed by atoms with E-state index in [4.69, 9.17) is 0 Å². The van der Waals surface area contributed by atoms with E-state index in [9.17, 15) is 0 Å². The number of hydrogen-bond acceptors (Lipinski definition) is 0. The average molecular weight is 398 g/mol. The number of rotatable bonds is 17. The molecule has 29 heavy (non-hydrogen) atoms. The highest BCUT2D eigenvalue weighted by Crippen LogP contribution is 2.16. The predicted molar refractivity (Wildman–Crippen MR) is 126 cm³/mol. The van der Waals surface area contributed by atoms with Crippen molar-refractivity contribution >= 4 is 0 Å². The second kappa shape index (κ2) is 15.3. The molecule has 0 bridgehead atoms. The molecule has 0 unspecified atom stereocenters. The molecule has 2 nitrogen and oxygen atoms in total. The molecule has 2 aromatic rings. The minimum Gasteiger partial charge on any atom is -0.230 e. The molecule has 162 valence electrons. The number of benzene rings is 1. The molecule has 0 saturated carbocycles. The van der Waals surface area contributed by atoms with E-state index in [1.54, 1.807) is 0 Å². The van der Waals surface area contributed by atoms with Crippen LogP contribution in [-0.2, 0) is 13.1 Å². The largest absolute Gasteiger partial charge is 0.288 e. The molecule has 2 heteroatoms. The van der Waals surface area contributed by atoms with E-state index in [0.29, 0.717) is 0 Å². The highest BCUT2D eigenvalue weighted by molar-refractivity contribution is 5.52. The van der Waals surface area contributed by atoms with Crippen molar-refractivity contribution in [1.82, 2.24) is 4.57 Å². The zero-order chi connectivity index (χ0) is 20.6. The van der Waals surface area contributed by atoms with Crippen LogP contribution in [0.5, 0.6) is 0 Å². The number of nitrogens with zero attached hydrogens (tertiary/aromatic N) is 2. The Morgan fingerprint density at radius 3 is 1.69 bits per heavy atom. The Morgan fingerprint density at radius 2 is 1.17 bits per heavy atom. The first-order chi connectivity index (χ1) is 14.4. The molecule has 0 fully saturated rings. The molecule has 0 spiro atoms. The van der Waals surface area contributed by atoms with Crippen LogP contribution in [0.3, 0.4) is 0 Å². The van der Waals surface area contributed by atoms with Gasteiger partial charge in [-0.1, -0.05) is 102 Å². The summed E-state index contributed by atoms with van der Waals surface area (Å²) in [6, 6.07) is 10.8.